The first-order chi connectivity index (χ1) is 11.1. The third kappa shape index (κ3) is 5.56. The van der Waals surface area contributed by atoms with Crippen molar-refractivity contribution in [3.05, 3.63) is 23.8 Å². The largest absolute Gasteiger partial charge is 0.482 e. The smallest absolute Gasteiger partial charge is 0.343 e. The number of hydrogen-bond donors (Lipinski definition) is 2. The highest BCUT2D eigenvalue weighted by Crippen LogP contribution is 2.22. The molecule has 6 heteroatoms. The van der Waals surface area contributed by atoms with Gasteiger partial charge >= 0.3 is 5.97 Å². The summed E-state index contributed by atoms with van der Waals surface area (Å²) in [5, 5.41) is 6.24. The van der Waals surface area contributed by atoms with E-state index in [1.165, 1.54) is 7.11 Å². The fourth-order valence-corrected chi connectivity index (χ4v) is 2.58. The Morgan fingerprint density at radius 1 is 1.39 bits per heavy atom. The average molecular weight is 320 g/mol. The van der Waals surface area contributed by atoms with Gasteiger partial charge in [0.15, 0.2) is 6.61 Å². The summed E-state index contributed by atoms with van der Waals surface area (Å²) in [4.78, 5) is 23.1. The van der Waals surface area contributed by atoms with Crippen LogP contribution in [0.1, 0.15) is 24.8 Å². The SMILES string of the molecule is COC(=O)COc1ccc(NC(=O)CCC2CCNC2)c(C)c1. The second-order valence-electron chi connectivity index (χ2n) is 5.79. The summed E-state index contributed by atoms with van der Waals surface area (Å²) in [5.74, 6) is 0.781. The van der Waals surface area contributed by atoms with Crippen molar-refractivity contribution >= 4 is 17.6 Å². The van der Waals surface area contributed by atoms with Gasteiger partial charge < -0.3 is 20.1 Å². The zero-order chi connectivity index (χ0) is 16.7. The minimum atomic E-state index is -0.429. The summed E-state index contributed by atoms with van der Waals surface area (Å²) >= 11 is 0. The van der Waals surface area contributed by atoms with Gasteiger partial charge in [-0.2, -0.15) is 0 Å². The van der Waals surface area contributed by atoms with E-state index in [2.05, 4.69) is 15.4 Å². The van der Waals surface area contributed by atoms with Gasteiger partial charge in [-0.3, -0.25) is 4.79 Å². The number of rotatable bonds is 7. The number of methoxy groups -OCH3 is 1. The van der Waals surface area contributed by atoms with Crippen molar-refractivity contribution in [3.63, 3.8) is 0 Å². The Hall–Kier alpha value is -2.08. The summed E-state index contributed by atoms with van der Waals surface area (Å²) in [6, 6.07) is 5.31. The third-order valence-corrected chi connectivity index (χ3v) is 4.00. The van der Waals surface area contributed by atoms with E-state index in [1.54, 1.807) is 18.2 Å². The van der Waals surface area contributed by atoms with E-state index in [9.17, 15) is 9.59 Å². The Kier molecular flexibility index (Phi) is 6.40. The van der Waals surface area contributed by atoms with E-state index in [-0.39, 0.29) is 12.5 Å². The lowest BCUT2D eigenvalue weighted by Crippen LogP contribution is -2.16. The van der Waals surface area contributed by atoms with Crippen LogP contribution in [0.4, 0.5) is 5.69 Å². The van der Waals surface area contributed by atoms with Gasteiger partial charge in [0.1, 0.15) is 5.75 Å². The number of anilines is 1. The van der Waals surface area contributed by atoms with Crippen molar-refractivity contribution in [3.8, 4) is 5.75 Å². The van der Waals surface area contributed by atoms with Gasteiger partial charge in [0.25, 0.3) is 0 Å². The summed E-state index contributed by atoms with van der Waals surface area (Å²) in [6.45, 7) is 3.83. The second-order valence-corrected chi connectivity index (χ2v) is 5.79. The van der Waals surface area contributed by atoms with Crippen molar-refractivity contribution < 1.29 is 19.1 Å². The van der Waals surface area contributed by atoms with Gasteiger partial charge in [-0.1, -0.05) is 0 Å². The normalized spacial score (nSPS) is 16.9. The van der Waals surface area contributed by atoms with Gasteiger partial charge in [0, 0.05) is 12.1 Å². The van der Waals surface area contributed by atoms with Gasteiger partial charge in [0.2, 0.25) is 5.91 Å². The first kappa shape index (κ1) is 17.3. The Balaban J connectivity index is 1.82. The predicted octanol–water partition coefficient (Wildman–Crippen LogP) is 1.88. The molecule has 0 bridgehead atoms. The highest BCUT2D eigenvalue weighted by Gasteiger charge is 2.16. The van der Waals surface area contributed by atoms with Crippen LogP contribution in [0, 0.1) is 12.8 Å². The number of carbonyl (C=O) groups excluding carboxylic acids is 2. The van der Waals surface area contributed by atoms with Crippen LogP contribution in [0.3, 0.4) is 0 Å². The molecule has 1 aliphatic rings. The van der Waals surface area contributed by atoms with E-state index in [4.69, 9.17) is 4.74 Å². The maximum atomic E-state index is 12.0. The summed E-state index contributed by atoms with van der Waals surface area (Å²) < 4.78 is 9.84. The van der Waals surface area contributed by atoms with Crippen molar-refractivity contribution in [2.24, 2.45) is 5.92 Å². The first-order valence-electron chi connectivity index (χ1n) is 7.89. The number of aryl methyl sites for hydroxylation is 1. The Labute approximate surface area is 136 Å². The van der Waals surface area contributed by atoms with Crippen LogP contribution in [-0.4, -0.2) is 38.7 Å². The molecular formula is C17H24N2O4. The van der Waals surface area contributed by atoms with Gasteiger partial charge in [0.05, 0.1) is 7.11 Å². The summed E-state index contributed by atoms with van der Waals surface area (Å²) in [5.41, 5.74) is 1.66. The minimum absolute atomic E-state index is 0.0308. The fourth-order valence-electron chi connectivity index (χ4n) is 2.58. The topological polar surface area (TPSA) is 76.7 Å². The van der Waals surface area contributed by atoms with Gasteiger partial charge in [-0.05, 0) is 62.5 Å². The van der Waals surface area contributed by atoms with E-state index in [0.29, 0.717) is 18.1 Å². The molecule has 1 unspecified atom stereocenters. The van der Waals surface area contributed by atoms with Gasteiger partial charge in [-0.15, -0.1) is 0 Å². The molecule has 126 valence electrons. The number of amides is 1. The molecule has 23 heavy (non-hydrogen) atoms. The molecule has 6 nitrogen and oxygen atoms in total. The van der Waals surface area contributed by atoms with E-state index >= 15 is 0 Å². The molecule has 1 fully saturated rings. The fraction of sp³-hybridized carbons (Fsp3) is 0.529. The first-order valence-corrected chi connectivity index (χ1v) is 7.89. The molecule has 1 aromatic carbocycles. The number of esters is 1. The molecule has 1 saturated heterocycles. The molecule has 0 saturated carbocycles. The average Bonchev–Trinajstić information content (AvgIpc) is 3.06. The lowest BCUT2D eigenvalue weighted by Gasteiger charge is -2.12. The van der Waals surface area contributed by atoms with Crippen molar-refractivity contribution in [2.45, 2.75) is 26.2 Å². The van der Waals surface area contributed by atoms with Crippen molar-refractivity contribution in [1.29, 1.82) is 0 Å². The van der Waals surface area contributed by atoms with Crippen LogP contribution in [0.5, 0.6) is 5.75 Å². The maximum Gasteiger partial charge on any atom is 0.343 e. The van der Waals surface area contributed by atoms with Crippen LogP contribution in [0.15, 0.2) is 18.2 Å². The standard InChI is InChI=1S/C17H24N2O4/c1-12-9-14(23-11-17(21)22-2)4-5-15(12)19-16(20)6-3-13-7-8-18-10-13/h4-5,9,13,18H,3,6-8,10-11H2,1-2H3,(H,19,20). The van der Waals surface area contributed by atoms with Crippen LogP contribution in [0.2, 0.25) is 0 Å². The molecule has 2 N–H and O–H groups in total. The Bertz CT molecular complexity index is 554. The molecule has 0 aromatic heterocycles. The van der Waals surface area contributed by atoms with E-state index < -0.39 is 5.97 Å². The number of ether oxygens (including phenoxy) is 2. The lowest BCUT2D eigenvalue weighted by atomic mass is 10.0. The van der Waals surface area contributed by atoms with Crippen LogP contribution in [0.25, 0.3) is 0 Å². The van der Waals surface area contributed by atoms with Crippen molar-refractivity contribution in [1.82, 2.24) is 5.32 Å². The maximum absolute atomic E-state index is 12.0. The van der Waals surface area contributed by atoms with E-state index in [0.717, 1.165) is 37.2 Å². The molecule has 1 aliphatic heterocycles. The lowest BCUT2D eigenvalue weighted by molar-refractivity contribution is -0.142. The number of hydrogen-bond acceptors (Lipinski definition) is 5. The van der Waals surface area contributed by atoms with Crippen LogP contribution in [-0.2, 0) is 14.3 Å². The molecule has 1 amide bonds. The van der Waals surface area contributed by atoms with E-state index in [1.807, 2.05) is 6.92 Å². The van der Waals surface area contributed by atoms with Gasteiger partial charge in [-0.25, -0.2) is 4.79 Å². The quantitative estimate of drug-likeness (QED) is 0.750. The molecule has 1 aromatic rings. The molecule has 0 spiro atoms. The Morgan fingerprint density at radius 3 is 2.87 bits per heavy atom. The number of nitrogens with one attached hydrogen (secondary N) is 2. The molecule has 0 aliphatic carbocycles. The summed E-state index contributed by atoms with van der Waals surface area (Å²) in [6.07, 6.45) is 2.60. The molecule has 1 atom stereocenters. The summed E-state index contributed by atoms with van der Waals surface area (Å²) in [7, 11) is 1.32. The van der Waals surface area contributed by atoms with Crippen molar-refractivity contribution in [2.75, 3.05) is 32.1 Å². The van der Waals surface area contributed by atoms with Crippen LogP contribution < -0.4 is 15.4 Å². The highest BCUT2D eigenvalue weighted by atomic mass is 16.6. The molecular weight excluding hydrogens is 296 g/mol. The zero-order valence-electron chi connectivity index (χ0n) is 13.7. The Morgan fingerprint density at radius 2 is 2.22 bits per heavy atom. The zero-order valence-corrected chi connectivity index (χ0v) is 13.7. The predicted molar refractivity (Wildman–Crippen MR) is 87.5 cm³/mol. The second kappa shape index (κ2) is 8.53. The molecule has 2 rings (SSSR count). The monoisotopic (exact) mass is 320 g/mol. The number of carbonyl (C=O) groups is 2. The molecule has 0 radical (unpaired) electrons. The van der Waals surface area contributed by atoms with Crippen LogP contribution >= 0.6 is 0 Å². The third-order valence-electron chi connectivity index (χ3n) is 4.00. The minimum Gasteiger partial charge on any atom is -0.482 e. The molecule has 1 heterocycles. The highest BCUT2D eigenvalue weighted by molar-refractivity contribution is 5.91. The number of benzene rings is 1.